The van der Waals surface area contributed by atoms with Crippen LogP contribution in [0.25, 0.3) is 0 Å². The van der Waals surface area contributed by atoms with Gasteiger partial charge in [0.1, 0.15) is 0 Å². The van der Waals surface area contributed by atoms with Crippen LogP contribution in [0.5, 0.6) is 0 Å². The van der Waals surface area contributed by atoms with Crippen LogP contribution < -0.4 is 10.2 Å². The van der Waals surface area contributed by atoms with E-state index in [9.17, 15) is 4.79 Å². The van der Waals surface area contributed by atoms with E-state index in [1.54, 1.807) is 0 Å². The Balaban J connectivity index is 1.91. The summed E-state index contributed by atoms with van der Waals surface area (Å²) in [6, 6.07) is 16.0. The Labute approximate surface area is 140 Å². The van der Waals surface area contributed by atoms with Crippen LogP contribution in [0.4, 0.5) is 11.4 Å². The smallest absolute Gasteiger partial charge is 0.226 e. The first-order chi connectivity index (χ1) is 10.6. The van der Waals surface area contributed by atoms with Crippen LogP contribution in [0.1, 0.15) is 18.9 Å². The topological polar surface area (TPSA) is 32.3 Å². The molecule has 0 aliphatic heterocycles. The molecule has 0 saturated heterocycles. The summed E-state index contributed by atoms with van der Waals surface area (Å²) in [6.07, 6.45) is 0.467. The molecule has 0 unspecified atom stereocenters. The molecule has 116 valence electrons. The maximum atomic E-state index is 12.1. The molecule has 0 spiro atoms. The van der Waals surface area contributed by atoms with Gasteiger partial charge in [-0.15, -0.1) is 0 Å². The second-order valence-electron chi connectivity index (χ2n) is 5.23. The molecule has 0 radical (unpaired) electrons. The van der Waals surface area contributed by atoms with Gasteiger partial charge in [-0.25, -0.2) is 0 Å². The van der Waals surface area contributed by atoms with Gasteiger partial charge in [-0.1, -0.05) is 34.1 Å². The van der Waals surface area contributed by atoms with Crippen molar-refractivity contribution < 1.29 is 4.79 Å². The summed E-state index contributed by atoms with van der Waals surface area (Å²) in [5.74, 6) is 0.0317. The zero-order valence-electron chi connectivity index (χ0n) is 13.0. The minimum Gasteiger partial charge on any atom is -0.371 e. The molecule has 0 saturated carbocycles. The predicted octanol–water partition coefficient (Wildman–Crippen LogP) is 4.61. The Morgan fingerprint density at radius 3 is 2.64 bits per heavy atom. The summed E-state index contributed by atoms with van der Waals surface area (Å²) in [5, 5.41) is 2.93. The number of rotatable bonds is 6. The third kappa shape index (κ3) is 4.88. The first kappa shape index (κ1) is 16.6. The van der Waals surface area contributed by atoms with E-state index in [4.69, 9.17) is 0 Å². The number of benzene rings is 2. The first-order valence-electron chi connectivity index (χ1n) is 7.45. The highest BCUT2D eigenvalue weighted by molar-refractivity contribution is 9.10. The van der Waals surface area contributed by atoms with Crippen molar-refractivity contribution in [3.05, 3.63) is 58.6 Å². The lowest BCUT2D eigenvalue weighted by Gasteiger charge is -2.23. The molecule has 1 amide bonds. The van der Waals surface area contributed by atoms with Crippen LogP contribution in [-0.2, 0) is 4.79 Å². The fourth-order valence-corrected chi connectivity index (χ4v) is 2.72. The van der Waals surface area contributed by atoms with E-state index >= 15 is 0 Å². The Morgan fingerprint density at radius 1 is 1.18 bits per heavy atom. The van der Waals surface area contributed by atoms with Crippen molar-refractivity contribution in [2.24, 2.45) is 0 Å². The molecule has 0 aliphatic carbocycles. The van der Waals surface area contributed by atoms with Crippen LogP contribution in [-0.4, -0.2) is 19.0 Å². The summed E-state index contributed by atoms with van der Waals surface area (Å²) < 4.78 is 0.959. The van der Waals surface area contributed by atoms with Gasteiger partial charge in [0.15, 0.2) is 0 Å². The monoisotopic (exact) mass is 360 g/mol. The van der Waals surface area contributed by atoms with Gasteiger partial charge >= 0.3 is 0 Å². The number of hydrogen-bond donors (Lipinski definition) is 1. The predicted molar refractivity (Wildman–Crippen MR) is 96.5 cm³/mol. The van der Waals surface area contributed by atoms with Gasteiger partial charge in [-0.3, -0.25) is 4.79 Å². The first-order valence-corrected chi connectivity index (χ1v) is 8.25. The molecule has 4 heteroatoms. The van der Waals surface area contributed by atoms with E-state index in [-0.39, 0.29) is 5.91 Å². The number of anilines is 2. The number of amides is 1. The zero-order valence-corrected chi connectivity index (χ0v) is 14.6. The second kappa shape index (κ2) is 7.99. The fraction of sp³-hybridized carbons (Fsp3) is 0.278. The maximum absolute atomic E-state index is 12.1. The van der Waals surface area contributed by atoms with Gasteiger partial charge in [0, 0.05) is 35.4 Å². The van der Waals surface area contributed by atoms with Gasteiger partial charge in [0.05, 0.1) is 0 Å². The van der Waals surface area contributed by atoms with Crippen molar-refractivity contribution >= 4 is 33.2 Å². The van der Waals surface area contributed by atoms with E-state index in [1.165, 1.54) is 5.56 Å². The van der Waals surface area contributed by atoms with Crippen LogP contribution in [0.2, 0.25) is 0 Å². The summed E-state index contributed by atoms with van der Waals surface area (Å²) in [4.78, 5) is 14.3. The highest BCUT2D eigenvalue weighted by Crippen LogP contribution is 2.17. The van der Waals surface area contributed by atoms with E-state index in [2.05, 4.69) is 64.3 Å². The molecule has 0 aliphatic rings. The molecule has 2 aromatic rings. The second-order valence-corrected chi connectivity index (χ2v) is 6.14. The van der Waals surface area contributed by atoms with E-state index in [0.717, 1.165) is 22.4 Å². The lowest BCUT2D eigenvalue weighted by molar-refractivity contribution is -0.116. The largest absolute Gasteiger partial charge is 0.371 e. The lowest BCUT2D eigenvalue weighted by Crippen LogP contribution is -2.27. The number of aryl methyl sites for hydroxylation is 1. The highest BCUT2D eigenvalue weighted by atomic mass is 79.9. The quantitative estimate of drug-likeness (QED) is 0.815. The average Bonchev–Trinajstić information content (AvgIpc) is 2.48. The molecule has 0 heterocycles. The fourth-order valence-electron chi connectivity index (χ4n) is 2.32. The minimum atomic E-state index is 0.0317. The number of carbonyl (C=O) groups is 1. The molecule has 0 bridgehead atoms. The minimum absolute atomic E-state index is 0.0317. The number of nitrogens with zero attached hydrogens (tertiary/aromatic N) is 1. The van der Waals surface area contributed by atoms with Crippen molar-refractivity contribution in [2.75, 3.05) is 23.3 Å². The normalized spacial score (nSPS) is 10.3. The summed E-state index contributed by atoms with van der Waals surface area (Å²) in [7, 11) is 0. The van der Waals surface area contributed by atoms with E-state index in [0.29, 0.717) is 13.0 Å². The van der Waals surface area contributed by atoms with Gasteiger partial charge in [-0.2, -0.15) is 0 Å². The number of halogens is 1. The molecule has 22 heavy (non-hydrogen) atoms. The van der Waals surface area contributed by atoms with Crippen molar-refractivity contribution in [1.29, 1.82) is 0 Å². The Kier molecular flexibility index (Phi) is 6.01. The maximum Gasteiger partial charge on any atom is 0.226 e. The molecule has 2 rings (SSSR count). The number of nitrogens with one attached hydrogen (secondary N) is 1. The van der Waals surface area contributed by atoms with Crippen molar-refractivity contribution in [1.82, 2.24) is 0 Å². The summed E-state index contributed by atoms with van der Waals surface area (Å²) in [5.41, 5.74) is 3.21. The molecule has 2 aromatic carbocycles. The van der Waals surface area contributed by atoms with Crippen LogP contribution in [0.3, 0.4) is 0 Å². The molecular weight excluding hydrogens is 340 g/mol. The summed E-state index contributed by atoms with van der Waals surface area (Å²) in [6.45, 7) is 5.78. The highest BCUT2D eigenvalue weighted by Gasteiger charge is 2.08. The summed E-state index contributed by atoms with van der Waals surface area (Å²) >= 11 is 3.40. The Morgan fingerprint density at radius 2 is 1.95 bits per heavy atom. The van der Waals surface area contributed by atoms with E-state index < -0.39 is 0 Å². The Hall–Kier alpha value is -1.81. The lowest BCUT2D eigenvalue weighted by atomic mass is 10.2. The SMILES string of the molecule is CCN(CCC(=O)Nc1cccc(Br)c1)c1cccc(C)c1. The molecule has 1 N–H and O–H groups in total. The number of hydrogen-bond acceptors (Lipinski definition) is 2. The number of carbonyl (C=O) groups excluding carboxylic acids is 1. The van der Waals surface area contributed by atoms with Crippen molar-refractivity contribution in [3.63, 3.8) is 0 Å². The third-order valence-electron chi connectivity index (χ3n) is 3.47. The van der Waals surface area contributed by atoms with Gasteiger partial charge in [0.2, 0.25) is 5.91 Å². The average molecular weight is 361 g/mol. The van der Waals surface area contributed by atoms with Gasteiger partial charge in [0.25, 0.3) is 0 Å². The molecular formula is C18H21BrN2O. The van der Waals surface area contributed by atoms with Crippen molar-refractivity contribution in [3.8, 4) is 0 Å². The van der Waals surface area contributed by atoms with Crippen molar-refractivity contribution in [2.45, 2.75) is 20.3 Å². The molecule has 3 nitrogen and oxygen atoms in total. The third-order valence-corrected chi connectivity index (χ3v) is 3.96. The van der Waals surface area contributed by atoms with Gasteiger partial charge in [-0.05, 0) is 49.7 Å². The van der Waals surface area contributed by atoms with Crippen LogP contribution >= 0.6 is 15.9 Å². The van der Waals surface area contributed by atoms with E-state index in [1.807, 2.05) is 24.3 Å². The molecule has 0 fully saturated rings. The molecule has 0 aromatic heterocycles. The molecule has 0 atom stereocenters. The van der Waals surface area contributed by atoms with Gasteiger partial charge < -0.3 is 10.2 Å². The van der Waals surface area contributed by atoms with Crippen LogP contribution in [0.15, 0.2) is 53.0 Å². The standard InChI is InChI=1S/C18H21BrN2O/c1-3-21(17-9-4-6-14(2)12-17)11-10-18(22)20-16-8-5-7-15(19)13-16/h4-9,12-13H,3,10-11H2,1-2H3,(H,20,22). The zero-order chi connectivity index (χ0) is 15.9. The van der Waals surface area contributed by atoms with Crippen LogP contribution in [0, 0.1) is 6.92 Å². The Bertz CT molecular complexity index is 642.